The van der Waals surface area contributed by atoms with Gasteiger partial charge in [0.05, 0.1) is 31.3 Å². The van der Waals surface area contributed by atoms with E-state index in [1.54, 1.807) is 49.6 Å². The predicted octanol–water partition coefficient (Wildman–Crippen LogP) is 2.26. The van der Waals surface area contributed by atoms with Gasteiger partial charge in [0.2, 0.25) is 10.0 Å². The first kappa shape index (κ1) is 19.8. The molecule has 1 saturated heterocycles. The lowest BCUT2D eigenvalue weighted by molar-refractivity contribution is -0.118. The van der Waals surface area contributed by atoms with Crippen molar-refractivity contribution in [3.05, 3.63) is 42.5 Å². The Morgan fingerprint density at radius 2 is 1.79 bits per heavy atom. The van der Waals surface area contributed by atoms with Crippen molar-refractivity contribution >= 4 is 27.3 Å². The van der Waals surface area contributed by atoms with Gasteiger partial charge >= 0.3 is 0 Å². The normalized spacial score (nSPS) is 15.1. The second-order valence-corrected chi connectivity index (χ2v) is 8.15. The molecule has 1 N–H and O–H groups in total. The van der Waals surface area contributed by atoms with Crippen LogP contribution in [-0.2, 0) is 14.8 Å². The molecule has 3 rings (SSSR count). The molecule has 0 spiro atoms. The maximum atomic E-state index is 12.2. The summed E-state index contributed by atoms with van der Waals surface area (Å²) in [5, 5.41) is 2.71. The van der Waals surface area contributed by atoms with Gasteiger partial charge in [-0.2, -0.15) is 0 Å². The van der Waals surface area contributed by atoms with Crippen molar-refractivity contribution in [3.63, 3.8) is 0 Å². The van der Waals surface area contributed by atoms with Gasteiger partial charge in [-0.25, -0.2) is 8.42 Å². The number of nitrogens with one attached hydrogen (secondary N) is 1. The largest absolute Gasteiger partial charge is 0.497 e. The van der Waals surface area contributed by atoms with Crippen LogP contribution in [0.25, 0.3) is 0 Å². The first-order valence-electron chi connectivity index (χ1n) is 8.68. The number of carbonyl (C=O) groups excluding carboxylic acids is 1. The summed E-state index contributed by atoms with van der Waals surface area (Å²) in [5.74, 6) is 1.38. The van der Waals surface area contributed by atoms with Crippen LogP contribution in [-0.4, -0.2) is 47.4 Å². The molecule has 0 radical (unpaired) electrons. The second-order valence-electron chi connectivity index (χ2n) is 6.14. The molecule has 0 bridgehead atoms. The molecule has 28 heavy (non-hydrogen) atoms. The van der Waals surface area contributed by atoms with Crippen molar-refractivity contribution in [1.29, 1.82) is 0 Å². The minimum atomic E-state index is -3.28. The van der Waals surface area contributed by atoms with Crippen LogP contribution in [0.2, 0.25) is 0 Å². The van der Waals surface area contributed by atoms with Gasteiger partial charge < -0.3 is 19.5 Å². The van der Waals surface area contributed by atoms with Crippen LogP contribution >= 0.6 is 0 Å². The van der Waals surface area contributed by atoms with Gasteiger partial charge in [-0.15, -0.1) is 0 Å². The third-order valence-corrected chi connectivity index (χ3v) is 6.15. The number of amides is 1. The Balaban J connectivity index is 1.65. The Bertz CT molecular complexity index is 943. The van der Waals surface area contributed by atoms with E-state index in [4.69, 9.17) is 14.2 Å². The summed E-state index contributed by atoms with van der Waals surface area (Å²) in [5.41, 5.74) is 0.952. The van der Waals surface area contributed by atoms with Crippen LogP contribution < -0.4 is 23.8 Å². The fourth-order valence-corrected chi connectivity index (χ4v) is 4.43. The monoisotopic (exact) mass is 406 g/mol. The highest BCUT2D eigenvalue weighted by Gasteiger charge is 2.29. The number of rotatable bonds is 7. The third kappa shape index (κ3) is 4.48. The van der Waals surface area contributed by atoms with E-state index in [1.165, 1.54) is 11.4 Å². The molecular formula is C19H22N2O6S. The summed E-state index contributed by atoms with van der Waals surface area (Å²) >= 11 is 0. The molecule has 9 heteroatoms. The van der Waals surface area contributed by atoms with E-state index in [9.17, 15) is 13.2 Å². The van der Waals surface area contributed by atoms with Crippen LogP contribution in [0.15, 0.2) is 42.5 Å². The highest BCUT2D eigenvalue weighted by atomic mass is 32.2. The van der Waals surface area contributed by atoms with Gasteiger partial charge in [-0.1, -0.05) is 0 Å². The number of sulfonamides is 1. The molecule has 8 nitrogen and oxygen atoms in total. The molecule has 1 fully saturated rings. The van der Waals surface area contributed by atoms with Crippen LogP contribution in [0.5, 0.6) is 17.2 Å². The van der Waals surface area contributed by atoms with Crippen molar-refractivity contribution < 1.29 is 27.4 Å². The Labute approximate surface area is 164 Å². The Hall–Kier alpha value is -2.94. The number of nitrogens with zero attached hydrogens (tertiary/aromatic N) is 1. The summed E-state index contributed by atoms with van der Waals surface area (Å²) < 4.78 is 41.3. The molecule has 0 aliphatic carbocycles. The standard InChI is InChI=1S/C19H22N2O6S/c1-25-15-5-7-16(8-6-15)27-13-19(22)20-17-9-4-14(12-18(17)26-2)21-10-3-11-28(21,23)24/h4-9,12H,3,10-11,13H2,1-2H3,(H,20,22). The minimum Gasteiger partial charge on any atom is -0.497 e. The molecule has 1 aliphatic heterocycles. The number of hydrogen-bond acceptors (Lipinski definition) is 6. The Morgan fingerprint density at radius 3 is 2.39 bits per heavy atom. The second kappa shape index (κ2) is 8.39. The summed E-state index contributed by atoms with van der Waals surface area (Å²) in [6, 6.07) is 11.8. The Kier molecular flexibility index (Phi) is 5.93. The van der Waals surface area contributed by atoms with Gasteiger partial charge in [0, 0.05) is 12.6 Å². The molecule has 150 valence electrons. The number of anilines is 2. The van der Waals surface area contributed by atoms with Crippen molar-refractivity contribution in [1.82, 2.24) is 0 Å². The first-order valence-corrected chi connectivity index (χ1v) is 10.3. The maximum absolute atomic E-state index is 12.2. The SMILES string of the molecule is COc1ccc(OCC(=O)Nc2ccc(N3CCCS3(=O)=O)cc2OC)cc1. The zero-order chi connectivity index (χ0) is 20.1. The first-order chi connectivity index (χ1) is 13.4. The molecule has 1 heterocycles. The van der Waals surface area contributed by atoms with E-state index in [0.29, 0.717) is 41.6 Å². The average Bonchev–Trinajstić information content (AvgIpc) is 3.06. The molecular weight excluding hydrogens is 384 g/mol. The molecule has 0 saturated carbocycles. The lowest BCUT2D eigenvalue weighted by atomic mass is 10.2. The molecule has 1 aliphatic rings. The van der Waals surface area contributed by atoms with Gasteiger partial charge in [0.15, 0.2) is 6.61 Å². The molecule has 0 aromatic heterocycles. The van der Waals surface area contributed by atoms with E-state index in [0.717, 1.165) is 0 Å². The van der Waals surface area contributed by atoms with Crippen molar-refractivity contribution in [3.8, 4) is 17.2 Å². The number of methoxy groups -OCH3 is 2. The van der Waals surface area contributed by atoms with Crippen LogP contribution in [0, 0.1) is 0 Å². The van der Waals surface area contributed by atoms with Crippen molar-refractivity contribution in [2.75, 3.05) is 42.7 Å². The maximum Gasteiger partial charge on any atom is 0.262 e. The molecule has 0 atom stereocenters. The number of hydrogen-bond donors (Lipinski definition) is 1. The topological polar surface area (TPSA) is 94.2 Å². The smallest absolute Gasteiger partial charge is 0.262 e. The van der Waals surface area contributed by atoms with E-state index in [1.807, 2.05) is 0 Å². The molecule has 2 aromatic rings. The van der Waals surface area contributed by atoms with Crippen LogP contribution in [0.3, 0.4) is 0 Å². The van der Waals surface area contributed by atoms with E-state index in [2.05, 4.69) is 5.32 Å². The number of ether oxygens (including phenoxy) is 3. The fraction of sp³-hybridized carbons (Fsp3) is 0.316. The molecule has 2 aromatic carbocycles. The minimum absolute atomic E-state index is 0.135. The molecule has 1 amide bonds. The third-order valence-electron chi connectivity index (χ3n) is 4.28. The van der Waals surface area contributed by atoms with Gasteiger partial charge in [0.25, 0.3) is 5.91 Å². The lowest BCUT2D eigenvalue weighted by Crippen LogP contribution is -2.25. The molecule has 0 unspecified atom stereocenters. The van der Waals surface area contributed by atoms with E-state index >= 15 is 0 Å². The van der Waals surface area contributed by atoms with Crippen LogP contribution in [0.4, 0.5) is 11.4 Å². The zero-order valence-corrected chi connectivity index (χ0v) is 16.5. The number of benzene rings is 2. The summed E-state index contributed by atoms with van der Waals surface area (Å²) in [6.07, 6.45) is 0.589. The fourth-order valence-electron chi connectivity index (χ4n) is 2.87. The van der Waals surface area contributed by atoms with Crippen molar-refractivity contribution in [2.45, 2.75) is 6.42 Å². The number of carbonyl (C=O) groups is 1. The highest BCUT2D eigenvalue weighted by Crippen LogP contribution is 2.32. The van der Waals surface area contributed by atoms with Gasteiger partial charge in [-0.3, -0.25) is 9.10 Å². The summed E-state index contributed by atoms with van der Waals surface area (Å²) in [4.78, 5) is 12.2. The predicted molar refractivity (Wildman–Crippen MR) is 106 cm³/mol. The highest BCUT2D eigenvalue weighted by molar-refractivity contribution is 7.93. The summed E-state index contributed by atoms with van der Waals surface area (Å²) in [7, 11) is -0.254. The van der Waals surface area contributed by atoms with E-state index < -0.39 is 10.0 Å². The van der Waals surface area contributed by atoms with Crippen LogP contribution in [0.1, 0.15) is 6.42 Å². The van der Waals surface area contributed by atoms with Gasteiger partial charge in [0.1, 0.15) is 17.2 Å². The van der Waals surface area contributed by atoms with E-state index in [-0.39, 0.29) is 18.3 Å². The lowest BCUT2D eigenvalue weighted by Gasteiger charge is -2.19. The van der Waals surface area contributed by atoms with Crippen molar-refractivity contribution in [2.24, 2.45) is 0 Å². The van der Waals surface area contributed by atoms with Gasteiger partial charge in [-0.05, 0) is 42.8 Å². The zero-order valence-electron chi connectivity index (χ0n) is 15.7. The Morgan fingerprint density at radius 1 is 1.07 bits per heavy atom. The quantitative estimate of drug-likeness (QED) is 0.758. The summed E-state index contributed by atoms with van der Waals surface area (Å²) in [6.45, 7) is 0.255. The average molecular weight is 406 g/mol.